The summed E-state index contributed by atoms with van der Waals surface area (Å²) in [6, 6.07) is 25.7. The zero-order valence-electron chi connectivity index (χ0n) is 19.7. The highest BCUT2D eigenvalue weighted by atomic mass is 32.2. The van der Waals surface area contributed by atoms with Crippen molar-refractivity contribution in [1.82, 2.24) is 14.1 Å². The van der Waals surface area contributed by atoms with Crippen molar-refractivity contribution in [2.24, 2.45) is 0 Å². The highest BCUT2D eigenvalue weighted by Crippen LogP contribution is 2.20. The third-order valence-corrected chi connectivity index (χ3v) is 8.06. The summed E-state index contributed by atoms with van der Waals surface area (Å²) in [4.78, 5) is 28.5. The van der Waals surface area contributed by atoms with E-state index in [1.165, 1.54) is 23.4 Å². The van der Waals surface area contributed by atoms with Gasteiger partial charge in [0, 0.05) is 51.8 Å². The van der Waals surface area contributed by atoms with Crippen LogP contribution in [0.1, 0.15) is 28.4 Å². The lowest BCUT2D eigenvalue weighted by Gasteiger charge is -2.33. The molecule has 2 amide bonds. The minimum atomic E-state index is -3.70. The molecule has 0 spiro atoms. The van der Waals surface area contributed by atoms with Gasteiger partial charge in [-0.1, -0.05) is 60.7 Å². The second kappa shape index (κ2) is 10.8. The lowest BCUT2D eigenvalue weighted by atomic mass is 10.1. The van der Waals surface area contributed by atoms with Gasteiger partial charge in [-0.25, -0.2) is 8.42 Å². The molecule has 0 aromatic heterocycles. The zero-order chi connectivity index (χ0) is 24.8. The summed E-state index contributed by atoms with van der Waals surface area (Å²) >= 11 is 0. The molecule has 1 saturated heterocycles. The van der Waals surface area contributed by atoms with E-state index in [9.17, 15) is 18.0 Å². The Morgan fingerprint density at radius 2 is 1.23 bits per heavy atom. The lowest BCUT2D eigenvalue weighted by Crippen LogP contribution is -2.49. The Labute approximate surface area is 206 Å². The predicted molar refractivity (Wildman–Crippen MR) is 134 cm³/mol. The van der Waals surface area contributed by atoms with Crippen LogP contribution in [-0.2, 0) is 27.9 Å². The quantitative estimate of drug-likeness (QED) is 0.508. The van der Waals surface area contributed by atoms with Crippen LogP contribution in [0, 0.1) is 0 Å². The van der Waals surface area contributed by atoms with Gasteiger partial charge in [0.2, 0.25) is 15.9 Å². The molecule has 0 N–H and O–H groups in total. The standard InChI is InChI=1S/C27H29N3O4S/c1-22(31)28-16-18-30(19-17-28)35(33,34)26-14-12-25(13-15-26)27(32)29(20-23-8-4-2-5-9-23)21-24-10-6-3-7-11-24/h2-15H,16-21H2,1H3. The number of piperazine rings is 1. The number of carbonyl (C=O) groups is 2. The first-order chi connectivity index (χ1) is 16.8. The number of benzene rings is 3. The van der Waals surface area contributed by atoms with E-state index in [4.69, 9.17) is 0 Å². The molecule has 1 aliphatic rings. The SMILES string of the molecule is CC(=O)N1CCN(S(=O)(=O)c2ccc(C(=O)N(Cc3ccccc3)Cc3ccccc3)cc2)CC1. The Kier molecular flexibility index (Phi) is 7.63. The van der Waals surface area contributed by atoms with E-state index in [1.54, 1.807) is 21.9 Å². The van der Waals surface area contributed by atoms with Crippen LogP contribution in [0.2, 0.25) is 0 Å². The van der Waals surface area contributed by atoms with Gasteiger partial charge in [0.05, 0.1) is 4.90 Å². The number of sulfonamides is 1. The van der Waals surface area contributed by atoms with Gasteiger partial charge in [-0.05, 0) is 35.4 Å². The molecular weight excluding hydrogens is 462 g/mol. The number of amides is 2. The number of hydrogen-bond acceptors (Lipinski definition) is 4. The molecule has 35 heavy (non-hydrogen) atoms. The molecule has 3 aromatic carbocycles. The smallest absolute Gasteiger partial charge is 0.254 e. The van der Waals surface area contributed by atoms with Gasteiger partial charge in [-0.15, -0.1) is 0 Å². The van der Waals surface area contributed by atoms with E-state index in [2.05, 4.69) is 0 Å². The molecule has 3 aromatic rings. The molecule has 1 heterocycles. The number of nitrogens with zero attached hydrogens (tertiary/aromatic N) is 3. The Morgan fingerprint density at radius 3 is 1.69 bits per heavy atom. The molecule has 0 aliphatic carbocycles. The van der Waals surface area contributed by atoms with Crippen LogP contribution in [0.3, 0.4) is 0 Å². The van der Waals surface area contributed by atoms with Crippen LogP contribution in [0.15, 0.2) is 89.8 Å². The van der Waals surface area contributed by atoms with Crippen molar-refractivity contribution >= 4 is 21.8 Å². The molecular formula is C27H29N3O4S. The fraction of sp³-hybridized carbons (Fsp3) is 0.259. The third kappa shape index (κ3) is 5.96. The molecule has 7 nitrogen and oxygen atoms in total. The first-order valence-electron chi connectivity index (χ1n) is 11.6. The zero-order valence-corrected chi connectivity index (χ0v) is 20.5. The summed E-state index contributed by atoms with van der Waals surface area (Å²) in [5.74, 6) is -0.225. The van der Waals surface area contributed by atoms with E-state index < -0.39 is 10.0 Å². The van der Waals surface area contributed by atoms with Gasteiger partial charge in [0.25, 0.3) is 5.91 Å². The van der Waals surface area contributed by atoms with Crippen LogP contribution in [0.25, 0.3) is 0 Å². The van der Waals surface area contributed by atoms with Crippen LogP contribution < -0.4 is 0 Å². The minimum Gasteiger partial charge on any atom is -0.340 e. The van der Waals surface area contributed by atoms with E-state index in [-0.39, 0.29) is 29.8 Å². The van der Waals surface area contributed by atoms with Crippen LogP contribution in [0.5, 0.6) is 0 Å². The van der Waals surface area contributed by atoms with Crippen LogP contribution in [-0.4, -0.2) is 60.5 Å². The normalized spacial score (nSPS) is 14.5. The third-order valence-electron chi connectivity index (χ3n) is 6.14. The molecule has 0 saturated carbocycles. The largest absolute Gasteiger partial charge is 0.340 e. The molecule has 8 heteroatoms. The lowest BCUT2D eigenvalue weighted by molar-refractivity contribution is -0.129. The van der Waals surface area contributed by atoms with Crippen LogP contribution >= 0.6 is 0 Å². The van der Waals surface area contributed by atoms with E-state index in [1.807, 2.05) is 60.7 Å². The fourth-order valence-electron chi connectivity index (χ4n) is 4.15. The topological polar surface area (TPSA) is 78.0 Å². The molecule has 182 valence electrons. The van der Waals surface area contributed by atoms with Gasteiger partial charge >= 0.3 is 0 Å². The minimum absolute atomic E-state index is 0.0551. The molecule has 0 bridgehead atoms. The summed E-state index contributed by atoms with van der Waals surface area (Å²) in [6.07, 6.45) is 0. The van der Waals surface area contributed by atoms with Gasteiger partial charge in [0.1, 0.15) is 0 Å². The molecule has 1 fully saturated rings. The Bertz CT molecular complexity index is 1210. The average molecular weight is 492 g/mol. The Hall–Kier alpha value is -3.49. The summed E-state index contributed by atoms with van der Waals surface area (Å²) in [5.41, 5.74) is 2.46. The summed E-state index contributed by atoms with van der Waals surface area (Å²) < 4.78 is 27.6. The summed E-state index contributed by atoms with van der Waals surface area (Å²) in [5, 5.41) is 0. The predicted octanol–water partition coefficient (Wildman–Crippen LogP) is 3.38. The van der Waals surface area contributed by atoms with Gasteiger partial charge < -0.3 is 9.80 Å². The van der Waals surface area contributed by atoms with E-state index >= 15 is 0 Å². The summed E-state index contributed by atoms with van der Waals surface area (Å²) in [6.45, 7) is 3.62. The molecule has 4 rings (SSSR count). The average Bonchev–Trinajstić information content (AvgIpc) is 2.89. The van der Waals surface area contributed by atoms with E-state index in [0.29, 0.717) is 31.7 Å². The first-order valence-corrected chi connectivity index (χ1v) is 13.0. The molecule has 0 atom stereocenters. The van der Waals surface area contributed by atoms with Crippen molar-refractivity contribution in [3.63, 3.8) is 0 Å². The number of rotatable bonds is 7. The van der Waals surface area contributed by atoms with Crippen LogP contribution in [0.4, 0.5) is 0 Å². The van der Waals surface area contributed by atoms with Crippen molar-refractivity contribution in [2.45, 2.75) is 24.9 Å². The van der Waals surface area contributed by atoms with Crippen molar-refractivity contribution in [3.05, 3.63) is 102 Å². The van der Waals surface area contributed by atoms with Gasteiger partial charge in [-0.3, -0.25) is 9.59 Å². The molecule has 0 radical (unpaired) electrons. The summed E-state index contributed by atoms with van der Waals surface area (Å²) in [7, 11) is -3.70. The van der Waals surface area contributed by atoms with Crippen molar-refractivity contribution < 1.29 is 18.0 Å². The Balaban J connectivity index is 1.51. The molecule has 1 aliphatic heterocycles. The monoisotopic (exact) mass is 491 g/mol. The number of carbonyl (C=O) groups excluding carboxylic acids is 2. The maximum absolute atomic E-state index is 13.4. The van der Waals surface area contributed by atoms with Crippen molar-refractivity contribution in [1.29, 1.82) is 0 Å². The first kappa shape index (κ1) is 24.6. The maximum Gasteiger partial charge on any atom is 0.254 e. The highest BCUT2D eigenvalue weighted by molar-refractivity contribution is 7.89. The highest BCUT2D eigenvalue weighted by Gasteiger charge is 2.29. The number of hydrogen-bond donors (Lipinski definition) is 0. The van der Waals surface area contributed by atoms with Gasteiger partial charge in [0.15, 0.2) is 0 Å². The molecule has 0 unspecified atom stereocenters. The van der Waals surface area contributed by atoms with Gasteiger partial charge in [-0.2, -0.15) is 4.31 Å². The maximum atomic E-state index is 13.4. The second-order valence-corrected chi connectivity index (χ2v) is 10.5. The van der Waals surface area contributed by atoms with Crippen molar-refractivity contribution in [3.8, 4) is 0 Å². The fourth-order valence-corrected chi connectivity index (χ4v) is 5.57. The van der Waals surface area contributed by atoms with E-state index in [0.717, 1.165) is 11.1 Å². The van der Waals surface area contributed by atoms with Crippen molar-refractivity contribution in [2.75, 3.05) is 26.2 Å². The Morgan fingerprint density at radius 1 is 0.743 bits per heavy atom. The second-order valence-electron chi connectivity index (χ2n) is 8.57.